The van der Waals surface area contributed by atoms with E-state index < -0.39 is 0 Å². The molecule has 1 aromatic heterocycles. The van der Waals surface area contributed by atoms with Gasteiger partial charge in [0.1, 0.15) is 0 Å². The summed E-state index contributed by atoms with van der Waals surface area (Å²) in [6, 6.07) is 1.98. The minimum Gasteiger partial charge on any atom is -0.375 e. The van der Waals surface area contributed by atoms with Crippen LogP contribution in [0.1, 0.15) is 39.5 Å². The molecule has 130 valence electrons. The number of hydrogen-bond acceptors (Lipinski definition) is 4. The monoisotopic (exact) mass is 320 g/mol. The Labute approximate surface area is 140 Å². The fourth-order valence-electron chi connectivity index (χ4n) is 3.99. The maximum atomic E-state index is 6.05. The lowest BCUT2D eigenvalue weighted by Crippen LogP contribution is -2.54. The number of rotatable bonds is 5. The molecule has 1 aromatic rings. The Morgan fingerprint density at radius 3 is 2.70 bits per heavy atom. The topological polar surface area (TPSA) is 33.5 Å². The molecule has 1 atom stereocenters. The van der Waals surface area contributed by atoms with Gasteiger partial charge in [-0.15, -0.1) is 0 Å². The minimum absolute atomic E-state index is 0.245. The lowest BCUT2D eigenvalue weighted by molar-refractivity contribution is 0.0224. The quantitative estimate of drug-likeness (QED) is 0.833. The van der Waals surface area contributed by atoms with E-state index in [2.05, 4.69) is 28.7 Å². The molecule has 3 rings (SSSR count). The van der Waals surface area contributed by atoms with E-state index in [0.717, 1.165) is 39.2 Å². The first-order valence-corrected chi connectivity index (χ1v) is 9.20. The van der Waals surface area contributed by atoms with Gasteiger partial charge in [-0.25, -0.2) is 0 Å². The molecule has 0 radical (unpaired) electrons. The summed E-state index contributed by atoms with van der Waals surface area (Å²) < 4.78 is 8.04. The summed E-state index contributed by atoms with van der Waals surface area (Å²) in [5, 5.41) is 4.32. The Morgan fingerprint density at radius 1 is 1.13 bits per heavy atom. The molecule has 0 saturated carbocycles. The fourth-order valence-corrected chi connectivity index (χ4v) is 3.99. The Morgan fingerprint density at radius 2 is 1.96 bits per heavy atom. The van der Waals surface area contributed by atoms with Gasteiger partial charge in [0.15, 0.2) is 0 Å². The average Bonchev–Trinajstić information content (AvgIpc) is 2.95. The summed E-state index contributed by atoms with van der Waals surface area (Å²) in [6.45, 7) is 12.3. The highest BCUT2D eigenvalue weighted by molar-refractivity contribution is 4.88. The van der Waals surface area contributed by atoms with Crippen LogP contribution in [0.25, 0.3) is 0 Å². The van der Waals surface area contributed by atoms with Crippen molar-refractivity contribution in [3.63, 3.8) is 0 Å². The Kier molecular flexibility index (Phi) is 5.72. The van der Waals surface area contributed by atoms with E-state index in [9.17, 15) is 0 Å². The molecular weight excluding hydrogens is 288 g/mol. The maximum absolute atomic E-state index is 6.05. The van der Waals surface area contributed by atoms with E-state index in [-0.39, 0.29) is 11.6 Å². The SMILES string of the molecule is CC(C)(CN1CCCOC(Cn2cccn2)C1)N1CCCCC1. The summed E-state index contributed by atoms with van der Waals surface area (Å²) in [7, 11) is 0. The van der Waals surface area contributed by atoms with Crippen LogP contribution in [0.15, 0.2) is 18.5 Å². The largest absolute Gasteiger partial charge is 0.375 e. The lowest BCUT2D eigenvalue weighted by atomic mass is 9.97. The zero-order valence-corrected chi connectivity index (χ0v) is 14.8. The van der Waals surface area contributed by atoms with Crippen molar-refractivity contribution in [1.82, 2.24) is 19.6 Å². The van der Waals surface area contributed by atoms with Crippen LogP contribution in [0.4, 0.5) is 0 Å². The van der Waals surface area contributed by atoms with Gasteiger partial charge in [-0.3, -0.25) is 14.5 Å². The molecule has 0 bridgehead atoms. The van der Waals surface area contributed by atoms with Gasteiger partial charge in [-0.05, 0) is 52.3 Å². The molecule has 2 fully saturated rings. The third kappa shape index (κ3) is 4.78. The molecule has 0 amide bonds. The van der Waals surface area contributed by atoms with Gasteiger partial charge < -0.3 is 4.74 Å². The molecule has 2 saturated heterocycles. The third-order valence-corrected chi connectivity index (χ3v) is 5.21. The maximum Gasteiger partial charge on any atom is 0.0897 e. The van der Waals surface area contributed by atoms with E-state index in [1.54, 1.807) is 0 Å². The molecule has 5 heteroatoms. The predicted molar refractivity (Wildman–Crippen MR) is 92.5 cm³/mol. The highest BCUT2D eigenvalue weighted by Crippen LogP contribution is 2.22. The van der Waals surface area contributed by atoms with Crippen molar-refractivity contribution in [3.8, 4) is 0 Å². The van der Waals surface area contributed by atoms with Crippen LogP contribution in [-0.2, 0) is 11.3 Å². The first kappa shape index (κ1) is 16.9. The van der Waals surface area contributed by atoms with E-state index >= 15 is 0 Å². The van der Waals surface area contributed by atoms with E-state index in [1.165, 1.54) is 32.4 Å². The van der Waals surface area contributed by atoms with Crippen LogP contribution in [0.5, 0.6) is 0 Å². The van der Waals surface area contributed by atoms with E-state index in [4.69, 9.17) is 4.74 Å². The molecule has 0 aromatic carbocycles. The van der Waals surface area contributed by atoms with Crippen LogP contribution in [0.2, 0.25) is 0 Å². The van der Waals surface area contributed by atoms with Crippen molar-refractivity contribution in [1.29, 1.82) is 0 Å². The molecule has 3 heterocycles. The van der Waals surface area contributed by atoms with Crippen molar-refractivity contribution in [2.45, 2.75) is 57.7 Å². The predicted octanol–water partition coefficient (Wildman–Crippen LogP) is 2.24. The number of aromatic nitrogens is 2. The zero-order valence-electron chi connectivity index (χ0n) is 14.8. The highest BCUT2D eigenvalue weighted by Gasteiger charge is 2.31. The molecule has 2 aliphatic rings. The van der Waals surface area contributed by atoms with Gasteiger partial charge in [0.25, 0.3) is 0 Å². The van der Waals surface area contributed by atoms with Crippen molar-refractivity contribution >= 4 is 0 Å². The Bertz CT molecular complexity index is 454. The van der Waals surface area contributed by atoms with Gasteiger partial charge in [-0.2, -0.15) is 5.10 Å². The van der Waals surface area contributed by atoms with Crippen LogP contribution in [0.3, 0.4) is 0 Å². The van der Waals surface area contributed by atoms with Crippen molar-refractivity contribution in [2.24, 2.45) is 0 Å². The highest BCUT2D eigenvalue weighted by atomic mass is 16.5. The van der Waals surface area contributed by atoms with Crippen molar-refractivity contribution in [3.05, 3.63) is 18.5 Å². The van der Waals surface area contributed by atoms with Gasteiger partial charge in [0.05, 0.1) is 12.6 Å². The zero-order chi connectivity index (χ0) is 16.1. The van der Waals surface area contributed by atoms with Crippen molar-refractivity contribution < 1.29 is 4.74 Å². The van der Waals surface area contributed by atoms with Gasteiger partial charge in [0.2, 0.25) is 0 Å². The second-order valence-electron chi connectivity index (χ2n) is 7.67. The lowest BCUT2D eigenvalue weighted by Gasteiger charge is -2.44. The number of likely N-dealkylation sites (tertiary alicyclic amines) is 1. The molecule has 1 unspecified atom stereocenters. The number of nitrogens with zero attached hydrogens (tertiary/aromatic N) is 4. The summed E-state index contributed by atoms with van der Waals surface area (Å²) in [6.07, 6.45) is 9.35. The molecule has 0 spiro atoms. The van der Waals surface area contributed by atoms with Gasteiger partial charge in [-0.1, -0.05) is 6.42 Å². The second-order valence-corrected chi connectivity index (χ2v) is 7.67. The first-order valence-electron chi connectivity index (χ1n) is 9.20. The smallest absolute Gasteiger partial charge is 0.0897 e. The molecule has 0 N–H and O–H groups in total. The standard InChI is InChI=1S/C18H32N4O/c1-18(2,21-10-4-3-5-11-21)16-20-9-7-13-23-17(14-20)15-22-12-6-8-19-22/h6,8,12,17H,3-5,7,9-11,13-16H2,1-2H3. The Hall–Kier alpha value is -0.910. The van der Waals surface area contributed by atoms with Crippen molar-refractivity contribution in [2.75, 3.05) is 39.3 Å². The van der Waals surface area contributed by atoms with Gasteiger partial charge >= 0.3 is 0 Å². The first-order chi connectivity index (χ1) is 11.1. The van der Waals surface area contributed by atoms with Gasteiger partial charge in [0, 0.05) is 44.2 Å². The summed E-state index contributed by atoms with van der Waals surface area (Å²) in [5.41, 5.74) is 0.251. The van der Waals surface area contributed by atoms with Crippen LogP contribution in [0, 0.1) is 0 Å². The van der Waals surface area contributed by atoms with E-state index in [0.29, 0.717) is 0 Å². The summed E-state index contributed by atoms with van der Waals surface area (Å²) >= 11 is 0. The molecule has 2 aliphatic heterocycles. The molecular formula is C18H32N4O. The number of hydrogen-bond donors (Lipinski definition) is 0. The van der Waals surface area contributed by atoms with Crippen LogP contribution >= 0.6 is 0 Å². The third-order valence-electron chi connectivity index (χ3n) is 5.21. The second kappa shape index (κ2) is 7.77. The van der Waals surface area contributed by atoms with E-state index in [1.807, 2.05) is 23.1 Å². The van der Waals surface area contributed by atoms with Crippen LogP contribution in [-0.4, -0.2) is 70.6 Å². The average molecular weight is 320 g/mol. The number of ether oxygens (including phenoxy) is 1. The summed E-state index contributed by atoms with van der Waals surface area (Å²) in [4.78, 5) is 5.29. The minimum atomic E-state index is 0.245. The molecule has 5 nitrogen and oxygen atoms in total. The normalized spacial score (nSPS) is 25.4. The molecule has 0 aliphatic carbocycles. The number of piperidine rings is 1. The van der Waals surface area contributed by atoms with Crippen LogP contribution < -0.4 is 0 Å². The fraction of sp³-hybridized carbons (Fsp3) is 0.833. The molecule has 23 heavy (non-hydrogen) atoms. The summed E-state index contributed by atoms with van der Waals surface area (Å²) in [5.74, 6) is 0. The Balaban J connectivity index is 1.57.